The summed E-state index contributed by atoms with van der Waals surface area (Å²) in [6.45, 7) is 0. The lowest BCUT2D eigenvalue weighted by molar-refractivity contribution is -0.127. The van der Waals surface area contributed by atoms with Crippen molar-refractivity contribution >= 4 is 45.8 Å². The molecule has 7 rings (SSSR count). The molecule has 0 bridgehead atoms. The predicted molar refractivity (Wildman–Crippen MR) is 155 cm³/mol. The molecule has 0 spiro atoms. The van der Waals surface area contributed by atoms with Crippen LogP contribution in [0.3, 0.4) is 0 Å². The second-order valence-electron chi connectivity index (χ2n) is 11.9. The van der Waals surface area contributed by atoms with Gasteiger partial charge in [-0.25, -0.2) is 15.0 Å². The van der Waals surface area contributed by atoms with Crippen LogP contribution >= 0.6 is 22.9 Å². The first kappa shape index (κ1) is 25.3. The molecule has 4 saturated carbocycles. The number of nitrogens with zero attached hydrogens (tertiary/aromatic N) is 4. The number of carbonyl (C=O) groups excluding carboxylic acids is 1. The Hall–Kier alpha value is -2.63. The second kappa shape index (κ2) is 10.4. The minimum atomic E-state index is 0.0469. The van der Waals surface area contributed by atoms with Crippen LogP contribution in [0.5, 0.6) is 0 Å². The van der Waals surface area contributed by atoms with Gasteiger partial charge in [0.2, 0.25) is 11.7 Å². The molecule has 4 aliphatic rings. The lowest BCUT2D eigenvalue weighted by atomic mass is 9.62. The summed E-state index contributed by atoms with van der Waals surface area (Å²) in [6, 6.07) is 4.41. The minimum Gasteiger partial charge on any atom is -0.365 e. The number of nitrogens with one attached hydrogen (secondary N) is 2. The SMILES string of the molecule is CNC(=O)C1CC(n2cnc3c(NC4CCC4)nc(C#Cc4ccc(Cl)s4)nc32)C(C2CCC2)C1C1CCC1. The number of thiophene rings is 1. The molecule has 0 saturated heterocycles. The van der Waals surface area contributed by atoms with Gasteiger partial charge in [-0.05, 0) is 73.3 Å². The maximum absolute atomic E-state index is 13.2. The third-order valence-corrected chi connectivity index (χ3v) is 11.1. The molecule has 4 unspecified atom stereocenters. The Kier molecular flexibility index (Phi) is 6.76. The normalized spacial score (nSPS) is 27.3. The van der Waals surface area contributed by atoms with Crippen LogP contribution in [0.25, 0.3) is 11.2 Å². The molecular weight excluding hydrogens is 528 g/mol. The van der Waals surface area contributed by atoms with Crippen molar-refractivity contribution in [1.82, 2.24) is 24.8 Å². The highest BCUT2D eigenvalue weighted by Crippen LogP contribution is 2.58. The molecule has 1 amide bonds. The quantitative estimate of drug-likeness (QED) is 0.357. The van der Waals surface area contributed by atoms with Crippen LogP contribution in [-0.4, -0.2) is 38.5 Å². The van der Waals surface area contributed by atoms with Gasteiger partial charge >= 0.3 is 0 Å². The van der Waals surface area contributed by atoms with Gasteiger partial charge < -0.3 is 15.2 Å². The first-order chi connectivity index (χ1) is 19.1. The number of carbonyl (C=O) groups is 1. The van der Waals surface area contributed by atoms with Crippen LogP contribution < -0.4 is 10.6 Å². The van der Waals surface area contributed by atoms with Crippen LogP contribution in [0.4, 0.5) is 5.82 Å². The van der Waals surface area contributed by atoms with Gasteiger partial charge in [0, 0.05) is 25.0 Å². The highest BCUT2D eigenvalue weighted by Gasteiger charge is 2.54. The van der Waals surface area contributed by atoms with E-state index in [1.54, 1.807) is 7.05 Å². The van der Waals surface area contributed by atoms with E-state index >= 15 is 0 Å². The minimum absolute atomic E-state index is 0.0469. The van der Waals surface area contributed by atoms with Gasteiger partial charge in [-0.15, -0.1) is 11.3 Å². The maximum Gasteiger partial charge on any atom is 0.223 e. The Morgan fingerprint density at radius 3 is 2.38 bits per heavy atom. The summed E-state index contributed by atoms with van der Waals surface area (Å²) in [5.74, 6) is 10.1. The maximum atomic E-state index is 13.2. The Labute approximate surface area is 238 Å². The fraction of sp³-hybridized carbons (Fsp3) is 0.600. The van der Waals surface area contributed by atoms with Gasteiger partial charge in [0.1, 0.15) is 0 Å². The summed E-state index contributed by atoms with van der Waals surface area (Å²) in [6.07, 6.45) is 14.0. The van der Waals surface area contributed by atoms with Gasteiger partial charge in [-0.1, -0.05) is 50.1 Å². The number of anilines is 1. The Morgan fingerprint density at radius 1 is 1.03 bits per heavy atom. The summed E-state index contributed by atoms with van der Waals surface area (Å²) in [5.41, 5.74) is 1.64. The molecule has 39 heavy (non-hydrogen) atoms. The molecule has 3 aromatic heterocycles. The van der Waals surface area contributed by atoms with Gasteiger partial charge in [0.25, 0.3) is 0 Å². The van der Waals surface area contributed by atoms with E-state index in [4.69, 9.17) is 26.6 Å². The summed E-state index contributed by atoms with van der Waals surface area (Å²) >= 11 is 7.58. The summed E-state index contributed by atoms with van der Waals surface area (Å²) in [4.78, 5) is 28.8. The molecule has 4 fully saturated rings. The fourth-order valence-electron chi connectivity index (χ4n) is 7.35. The van der Waals surface area contributed by atoms with Gasteiger partial charge in [0.15, 0.2) is 17.0 Å². The lowest BCUT2D eigenvalue weighted by Gasteiger charge is -2.44. The van der Waals surface area contributed by atoms with Crippen molar-refractivity contribution in [2.24, 2.45) is 29.6 Å². The molecule has 7 nitrogen and oxygen atoms in total. The first-order valence-electron chi connectivity index (χ1n) is 14.6. The Morgan fingerprint density at radius 2 is 1.77 bits per heavy atom. The first-order valence-corrected chi connectivity index (χ1v) is 15.8. The van der Waals surface area contributed by atoms with Crippen molar-refractivity contribution in [3.05, 3.63) is 33.5 Å². The van der Waals surface area contributed by atoms with E-state index in [-0.39, 0.29) is 17.9 Å². The smallest absolute Gasteiger partial charge is 0.223 e. The molecule has 2 N–H and O–H groups in total. The van der Waals surface area contributed by atoms with Crippen molar-refractivity contribution < 1.29 is 4.79 Å². The number of rotatable bonds is 6. The average molecular weight is 563 g/mol. The van der Waals surface area contributed by atoms with E-state index in [2.05, 4.69) is 27.0 Å². The predicted octanol–water partition coefficient (Wildman–Crippen LogP) is 6.05. The van der Waals surface area contributed by atoms with Crippen LogP contribution in [0.2, 0.25) is 4.34 Å². The van der Waals surface area contributed by atoms with Crippen molar-refractivity contribution in [3.8, 4) is 11.8 Å². The standard InChI is InChI=1S/C30H35ClN6OS/c1-32-30(38)21-15-22(26(18-7-3-8-18)25(21)17-5-2-6-17)37-16-33-27-28(34-19-9-4-10-19)35-24(36-29(27)37)14-12-20-11-13-23(31)39-20/h11,13,16-19,21-22,25-26H,2-10,15H2,1H3,(H,32,38)(H,34,35,36). The van der Waals surface area contributed by atoms with E-state index in [0.29, 0.717) is 35.5 Å². The van der Waals surface area contributed by atoms with Gasteiger partial charge in [-0.3, -0.25) is 4.79 Å². The number of fused-ring (bicyclic) bond motifs is 1. The van der Waals surface area contributed by atoms with E-state index < -0.39 is 0 Å². The molecule has 0 radical (unpaired) electrons. The number of hydrogen-bond donors (Lipinski definition) is 2. The second-order valence-corrected chi connectivity index (χ2v) is 13.6. The molecule has 3 heterocycles. The number of aromatic nitrogens is 4. The third kappa shape index (κ3) is 4.62. The number of imidazole rings is 1. The van der Waals surface area contributed by atoms with Gasteiger partial charge in [-0.2, -0.15) is 0 Å². The van der Waals surface area contributed by atoms with Crippen molar-refractivity contribution in [1.29, 1.82) is 0 Å². The molecule has 4 atom stereocenters. The number of amides is 1. The van der Waals surface area contributed by atoms with E-state index in [1.165, 1.54) is 56.3 Å². The average Bonchev–Trinajstić information content (AvgIpc) is 3.55. The lowest BCUT2D eigenvalue weighted by Crippen LogP contribution is -2.40. The Balaban J connectivity index is 1.31. The molecule has 9 heteroatoms. The van der Waals surface area contributed by atoms with Gasteiger partial charge in [0.05, 0.1) is 15.5 Å². The fourth-order valence-corrected chi connectivity index (χ4v) is 8.24. The van der Waals surface area contributed by atoms with Crippen LogP contribution in [0.1, 0.15) is 81.0 Å². The summed E-state index contributed by atoms with van der Waals surface area (Å²) in [5, 5.41) is 6.63. The highest BCUT2D eigenvalue weighted by molar-refractivity contribution is 7.16. The monoisotopic (exact) mass is 562 g/mol. The van der Waals surface area contributed by atoms with Crippen molar-refractivity contribution in [2.45, 2.75) is 76.3 Å². The van der Waals surface area contributed by atoms with E-state index in [1.807, 2.05) is 18.5 Å². The topological polar surface area (TPSA) is 84.7 Å². The molecule has 0 aliphatic heterocycles. The molecular formula is C30H35ClN6OS. The van der Waals surface area contributed by atoms with Crippen LogP contribution in [0.15, 0.2) is 18.5 Å². The summed E-state index contributed by atoms with van der Waals surface area (Å²) in [7, 11) is 1.79. The van der Waals surface area contributed by atoms with Crippen molar-refractivity contribution in [2.75, 3.05) is 12.4 Å². The highest BCUT2D eigenvalue weighted by atomic mass is 35.5. The zero-order chi connectivity index (χ0) is 26.5. The molecule has 4 aliphatic carbocycles. The van der Waals surface area contributed by atoms with Crippen LogP contribution in [0, 0.1) is 41.4 Å². The zero-order valence-electron chi connectivity index (χ0n) is 22.3. The zero-order valence-corrected chi connectivity index (χ0v) is 23.9. The Bertz CT molecular complexity index is 1440. The number of halogens is 1. The van der Waals surface area contributed by atoms with Crippen molar-refractivity contribution in [3.63, 3.8) is 0 Å². The van der Waals surface area contributed by atoms with Crippen LogP contribution in [-0.2, 0) is 4.79 Å². The molecule has 0 aromatic carbocycles. The van der Waals surface area contributed by atoms with E-state index in [9.17, 15) is 4.79 Å². The number of hydrogen-bond acceptors (Lipinski definition) is 6. The molecule has 3 aromatic rings. The third-order valence-electron chi connectivity index (χ3n) is 9.92. The molecule has 204 valence electrons. The summed E-state index contributed by atoms with van der Waals surface area (Å²) < 4.78 is 3.00. The largest absolute Gasteiger partial charge is 0.365 e. The van der Waals surface area contributed by atoms with E-state index in [0.717, 1.165) is 45.5 Å².